The molecule has 0 aromatic heterocycles. The minimum Gasteiger partial charge on any atom is -0.508 e. The summed E-state index contributed by atoms with van der Waals surface area (Å²) in [5, 5.41) is 8.77. The van der Waals surface area contributed by atoms with Crippen LogP contribution in [0.25, 0.3) is 0 Å². The Morgan fingerprint density at radius 2 is 1.71 bits per heavy atom. The number of hydrogen-bond donors (Lipinski definition) is 1. The molecule has 1 rings (SSSR count). The van der Waals surface area contributed by atoms with Crippen molar-refractivity contribution in [3.63, 3.8) is 0 Å². The lowest BCUT2D eigenvalue weighted by Crippen LogP contribution is -2.41. The van der Waals surface area contributed by atoms with Gasteiger partial charge in [-0.1, -0.05) is 0 Å². The number of benzene rings is 1. The lowest BCUT2D eigenvalue weighted by atomic mass is 10.3. The van der Waals surface area contributed by atoms with Crippen LogP contribution in [0.4, 0.5) is 26.3 Å². The second-order valence-corrected chi connectivity index (χ2v) is 3.11. The highest BCUT2D eigenvalue weighted by Crippen LogP contribution is 2.36. The highest BCUT2D eigenvalue weighted by atomic mass is 19.4. The van der Waals surface area contributed by atoms with E-state index in [1.54, 1.807) is 0 Å². The molecule has 0 saturated carbocycles. The number of aromatic hydroxyl groups is 1. The van der Waals surface area contributed by atoms with Gasteiger partial charge in [0, 0.05) is 6.07 Å². The standard InChI is InChI=1S/C9H6F6O2/c10-6-3-5(16)1-2-7(6)17-4-8(11,12)9(13,14)15/h1-3,16H,4H2. The summed E-state index contributed by atoms with van der Waals surface area (Å²) in [4.78, 5) is 0. The highest BCUT2D eigenvalue weighted by molar-refractivity contribution is 5.32. The Balaban J connectivity index is 2.74. The van der Waals surface area contributed by atoms with E-state index in [-0.39, 0.29) is 0 Å². The monoisotopic (exact) mass is 260 g/mol. The first-order chi connectivity index (χ1) is 7.63. The lowest BCUT2D eigenvalue weighted by Gasteiger charge is -2.19. The van der Waals surface area contributed by atoms with Crippen LogP contribution in [0.2, 0.25) is 0 Å². The quantitative estimate of drug-likeness (QED) is 0.846. The smallest absolute Gasteiger partial charge is 0.456 e. The third-order valence-electron chi connectivity index (χ3n) is 1.74. The van der Waals surface area contributed by atoms with Crippen LogP contribution in [0, 0.1) is 5.82 Å². The Morgan fingerprint density at radius 3 is 2.18 bits per heavy atom. The second kappa shape index (κ2) is 4.34. The first-order valence-electron chi connectivity index (χ1n) is 4.19. The van der Waals surface area contributed by atoms with E-state index in [1.807, 2.05) is 0 Å². The van der Waals surface area contributed by atoms with E-state index in [0.29, 0.717) is 6.07 Å². The molecule has 0 unspecified atom stereocenters. The van der Waals surface area contributed by atoms with Crippen molar-refractivity contribution in [3.8, 4) is 11.5 Å². The van der Waals surface area contributed by atoms with Crippen LogP contribution in [-0.4, -0.2) is 23.8 Å². The molecule has 0 aliphatic carbocycles. The first-order valence-corrected chi connectivity index (χ1v) is 4.19. The van der Waals surface area contributed by atoms with Crippen LogP contribution >= 0.6 is 0 Å². The van der Waals surface area contributed by atoms with Gasteiger partial charge in [0.05, 0.1) is 0 Å². The van der Waals surface area contributed by atoms with Gasteiger partial charge in [0.2, 0.25) is 0 Å². The third kappa shape index (κ3) is 3.18. The van der Waals surface area contributed by atoms with Gasteiger partial charge in [-0.3, -0.25) is 0 Å². The fourth-order valence-corrected chi connectivity index (χ4v) is 0.857. The molecule has 0 bridgehead atoms. The number of hydrogen-bond acceptors (Lipinski definition) is 2. The second-order valence-electron chi connectivity index (χ2n) is 3.11. The van der Waals surface area contributed by atoms with Crippen LogP contribution in [-0.2, 0) is 0 Å². The van der Waals surface area contributed by atoms with Crippen LogP contribution in [0.5, 0.6) is 11.5 Å². The molecule has 1 aromatic rings. The summed E-state index contributed by atoms with van der Waals surface area (Å²) in [7, 11) is 0. The number of alkyl halides is 5. The van der Waals surface area contributed by atoms with Crippen LogP contribution in [0.3, 0.4) is 0 Å². The Hall–Kier alpha value is -1.60. The van der Waals surface area contributed by atoms with E-state index >= 15 is 0 Å². The van der Waals surface area contributed by atoms with Crippen molar-refractivity contribution < 1.29 is 36.2 Å². The predicted molar refractivity (Wildman–Crippen MR) is 44.6 cm³/mol. The zero-order valence-corrected chi connectivity index (χ0v) is 8.06. The molecule has 1 N–H and O–H groups in total. The number of ether oxygens (including phenoxy) is 1. The van der Waals surface area contributed by atoms with Crippen LogP contribution < -0.4 is 4.74 Å². The maximum atomic E-state index is 12.9. The Morgan fingerprint density at radius 1 is 1.12 bits per heavy atom. The maximum absolute atomic E-state index is 12.9. The molecule has 0 atom stereocenters. The van der Waals surface area contributed by atoms with Gasteiger partial charge in [0.1, 0.15) is 5.75 Å². The predicted octanol–water partition coefficient (Wildman–Crippen LogP) is 3.11. The van der Waals surface area contributed by atoms with E-state index < -0.39 is 36.0 Å². The Bertz CT molecular complexity index is 401. The van der Waals surface area contributed by atoms with Crippen molar-refractivity contribution in [2.75, 3.05) is 6.61 Å². The maximum Gasteiger partial charge on any atom is 0.456 e. The molecular weight excluding hydrogens is 254 g/mol. The number of phenolic OH excluding ortho intramolecular Hbond substituents is 1. The van der Waals surface area contributed by atoms with Gasteiger partial charge in [-0.05, 0) is 12.1 Å². The minimum absolute atomic E-state index is 0.502. The topological polar surface area (TPSA) is 29.5 Å². The molecule has 2 nitrogen and oxygen atoms in total. The van der Waals surface area contributed by atoms with Crippen LogP contribution in [0.1, 0.15) is 0 Å². The molecule has 0 fully saturated rings. The molecule has 0 aliphatic heterocycles. The van der Waals surface area contributed by atoms with Crippen molar-refractivity contribution in [2.45, 2.75) is 12.1 Å². The van der Waals surface area contributed by atoms with Gasteiger partial charge >= 0.3 is 12.1 Å². The highest BCUT2D eigenvalue weighted by Gasteiger charge is 2.58. The van der Waals surface area contributed by atoms with Gasteiger partial charge in [-0.2, -0.15) is 22.0 Å². The van der Waals surface area contributed by atoms with Gasteiger partial charge in [0.15, 0.2) is 18.2 Å². The average Bonchev–Trinajstić information content (AvgIpc) is 2.14. The van der Waals surface area contributed by atoms with E-state index in [1.165, 1.54) is 0 Å². The van der Waals surface area contributed by atoms with Gasteiger partial charge in [-0.15, -0.1) is 0 Å². The van der Waals surface area contributed by atoms with E-state index in [4.69, 9.17) is 5.11 Å². The van der Waals surface area contributed by atoms with Crippen molar-refractivity contribution in [1.29, 1.82) is 0 Å². The molecule has 0 amide bonds. The van der Waals surface area contributed by atoms with Gasteiger partial charge in [0.25, 0.3) is 0 Å². The van der Waals surface area contributed by atoms with Crippen molar-refractivity contribution in [1.82, 2.24) is 0 Å². The van der Waals surface area contributed by atoms with Crippen LogP contribution in [0.15, 0.2) is 18.2 Å². The molecule has 0 heterocycles. The molecule has 0 radical (unpaired) electrons. The zero-order chi connectivity index (χ0) is 13.3. The first kappa shape index (κ1) is 13.5. The normalized spacial score (nSPS) is 12.6. The summed E-state index contributed by atoms with van der Waals surface area (Å²) in [6.45, 7) is -2.03. The van der Waals surface area contributed by atoms with E-state index in [9.17, 15) is 26.3 Å². The Kier molecular flexibility index (Phi) is 3.44. The summed E-state index contributed by atoms with van der Waals surface area (Å²) in [6.07, 6.45) is -5.76. The zero-order valence-electron chi connectivity index (χ0n) is 8.06. The van der Waals surface area contributed by atoms with E-state index in [2.05, 4.69) is 4.74 Å². The number of phenols is 1. The molecule has 8 heteroatoms. The Labute approximate surface area is 91.4 Å². The van der Waals surface area contributed by atoms with Crippen molar-refractivity contribution >= 4 is 0 Å². The largest absolute Gasteiger partial charge is 0.508 e. The number of rotatable bonds is 3. The molecule has 17 heavy (non-hydrogen) atoms. The van der Waals surface area contributed by atoms with Gasteiger partial charge < -0.3 is 9.84 Å². The minimum atomic E-state index is -5.76. The molecule has 0 aliphatic rings. The summed E-state index contributed by atoms with van der Waals surface area (Å²) < 4.78 is 77.0. The average molecular weight is 260 g/mol. The van der Waals surface area contributed by atoms with Gasteiger partial charge in [-0.25, -0.2) is 4.39 Å². The number of halogens is 6. The molecule has 96 valence electrons. The molecule has 1 aromatic carbocycles. The third-order valence-corrected chi connectivity index (χ3v) is 1.74. The molecule has 0 spiro atoms. The summed E-state index contributed by atoms with van der Waals surface area (Å²) in [6, 6.07) is 2.17. The fourth-order valence-electron chi connectivity index (χ4n) is 0.857. The van der Waals surface area contributed by atoms with Crippen molar-refractivity contribution in [2.24, 2.45) is 0 Å². The van der Waals surface area contributed by atoms with Crippen molar-refractivity contribution in [3.05, 3.63) is 24.0 Å². The summed E-state index contributed by atoms with van der Waals surface area (Å²) in [5.74, 6) is -7.61. The SMILES string of the molecule is Oc1ccc(OCC(F)(F)C(F)(F)F)c(F)c1. The lowest BCUT2D eigenvalue weighted by molar-refractivity contribution is -0.290. The van der Waals surface area contributed by atoms with E-state index in [0.717, 1.165) is 12.1 Å². The molecule has 0 saturated heterocycles. The molecular formula is C9H6F6O2. The fraction of sp³-hybridized carbons (Fsp3) is 0.333. The summed E-state index contributed by atoms with van der Waals surface area (Å²) in [5.41, 5.74) is 0. The summed E-state index contributed by atoms with van der Waals surface area (Å²) >= 11 is 0.